The predicted octanol–water partition coefficient (Wildman–Crippen LogP) is 3.26. The highest BCUT2D eigenvalue weighted by atomic mass is 16.5. The van der Waals surface area contributed by atoms with E-state index in [0.29, 0.717) is 11.6 Å². The number of urea groups is 1. The molecule has 100 valence electrons. The third-order valence-electron chi connectivity index (χ3n) is 2.80. The maximum Gasteiger partial charge on any atom is 0.320 e. The minimum Gasteiger partial charge on any atom is -0.354 e. The van der Waals surface area contributed by atoms with Gasteiger partial charge in [-0.3, -0.25) is 5.32 Å². The zero-order chi connectivity index (χ0) is 13.7. The molecule has 2 amide bonds. The Morgan fingerprint density at radius 2 is 2.11 bits per heavy atom. The van der Waals surface area contributed by atoms with Gasteiger partial charge in [0.15, 0.2) is 11.6 Å². The second-order valence-corrected chi connectivity index (χ2v) is 4.35. The highest BCUT2D eigenvalue weighted by Gasteiger charge is 2.10. The molecule has 0 fully saturated rings. The van der Waals surface area contributed by atoms with Crippen LogP contribution in [-0.4, -0.2) is 17.2 Å². The molecule has 0 spiro atoms. The number of carbonyl (C=O) groups is 1. The Hall–Kier alpha value is -2.30. The summed E-state index contributed by atoms with van der Waals surface area (Å²) in [6.45, 7) is 3.95. The van der Waals surface area contributed by atoms with Crippen molar-refractivity contribution < 1.29 is 9.32 Å². The normalized spacial score (nSPS) is 11.9. The van der Waals surface area contributed by atoms with Gasteiger partial charge in [0.25, 0.3) is 0 Å². The quantitative estimate of drug-likeness (QED) is 0.885. The number of benzene rings is 1. The Balaban J connectivity index is 2.00. The van der Waals surface area contributed by atoms with Crippen LogP contribution in [0.4, 0.5) is 10.6 Å². The van der Waals surface area contributed by atoms with E-state index in [2.05, 4.69) is 15.8 Å². The molecule has 0 aliphatic rings. The number of nitrogens with zero attached hydrogens (tertiary/aromatic N) is 1. The van der Waals surface area contributed by atoms with Crippen molar-refractivity contribution in [1.82, 2.24) is 10.5 Å². The number of aromatic nitrogens is 1. The lowest BCUT2D eigenvalue weighted by atomic mass is 10.2. The van der Waals surface area contributed by atoms with Gasteiger partial charge >= 0.3 is 6.03 Å². The standard InChI is InChI=1S/C14H17N3O2/c1-3-10(2)15-14(18)16-13-9-12(19-17-13)11-7-5-4-6-8-11/h4-10H,3H2,1-2H3,(H2,15,16,17,18). The van der Waals surface area contributed by atoms with Crippen LogP contribution in [0.15, 0.2) is 40.9 Å². The highest BCUT2D eigenvalue weighted by Crippen LogP contribution is 2.21. The van der Waals surface area contributed by atoms with Gasteiger partial charge in [0, 0.05) is 17.7 Å². The Bertz CT molecular complexity index is 537. The van der Waals surface area contributed by atoms with E-state index in [1.54, 1.807) is 6.07 Å². The van der Waals surface area contributed by atoms with E-state index in [0.717, 1.165) is 12.0 Å². The fourth-order valence-corrected chi connectivity index (χ4v) is 1.55. The molecule has 1 atom stereocenters. The number of hydrogen-bond donors (Lipinski definition) is 2. The van der Waals surface area contributed by atoms with Crippen LogP contribution in [0.25, 0.3) is 11.3 Å². The molecule has 2 rings (SSSR count). The molecule has 5 nitrogen and oxygen atoms in total. The molecular formula is C14H17N3O2. The van der Waals surface area contributed by atoms with Crippen LogP contribution < -0.4 is 10.6 Å². The van der Waals surface area contributed by atoms with Gasteiger partial charge in [0.1, 0.15) is 0 Å². The monoisotopic (exact) mass is 259 g/mol. The summed E-state index contributed by atoms with van der Waals surface area (Å²) in [6.07, 6.45) is 0.876. The predicted molar refractivity (Wildman–Crippen MR) is 73.8 cm³/mol. The number of amides is 2. The molecular weight excluding hydrogens is 242 g/mol. The van der Waals surface area contributed by atoms with Crippen LogP contribution >= 0.6 is 0 Å². The van der Waals surface area contributed by atoms with Crippen molar-refractivity contribution >= 4 is 11.8 Å². The van der Waals surface area contributed by atoms with Gasteiger partial charge in [0.05, 0.1) is 0 Å². The van der Waals surface area contributed by atoms with Crippen LogP contribution in [0.1, 0.15) is 20.3 Å². The summed E-state index contributed by atoms with van der Waals surface area (Å²) in [5, 5.41) is 9.26. The molecule has 1 aromatic carbocycles. The molecule has 2 N–H and O–H groups in total. The molecule has 0 saturated carbocycles. The molecule has 0 aliphatic heterocycles. The summed E-state index contributed by atoms with van der Waals surface area (Å²) in [6, 6.07) is 11.2. The van der Waals surface area contributed by atoms with Crippen LogP contribution in [0.5, 0.6) is 0 Å². The van der Waals surface area contributed by atoms with E-state index >= 15 is 0 Å². The van der Waals surface area contributed by atoms with Gasteiger partial charge in [-0.05, 0) is 13.3 Å². The lowest BCUT2D eigenvalue weighted by Gasteiger charge is -2.10. The van der Waals surface area contributed by atoms with E-state index in [9.17, 15) is 4.79 Å². The maximum absolute atomic E-state index is 11.6. The lowest BCUT2D eigenvalue weighted by Crippen LogP contribution is -2.35. The second kappa shape index (κ2) is 6.04. The van der Waals surface area contributed by atoms with Crippen molar-refractivity contribution in [3.05, 3.63) is 36.4 Å². The van der Waals surface area contributed by atoms with Crippen LogP contribution in [0.2, 0.25) is 0 Å². The van der Waals surface area contributed by atoms with Gasteiger partial charge in [-0.1, -0.05) is 42.4 Å². The second-order valence-electron chi connectivity index (χ2n) is 4.35. The molecule has 0 radical (unpaired) electrons. The first-order chi connectivity index (χ1) is 9.19. The molecule has 0 bridgehead atoms. The summed E-state index contributed by atoms with van der Waals surface area (Å²) in [5.41, 5.74) is 0.922. The van der Waals surface area contributed by atoms with Gasteiger partial charge in [-0.2, -0.15) is 0 Å². The summed E-state index contributed by atoms with van der Waals surface area (Å²) in [5.74, 6) is 1.03. The Labute approximate surface area is 112 Å². The fraction of sp³-hybridized carbons (Fsp3) is 0.286. The van der Waals surface area contributed by atoms with Crippen molar-refractivity contribution in [2.45, 2.75) is 26.3 Å². The average molecular weight is 259 g/mol. The summed E-state index contributed by atoms with van der Waals surface area (Å²) < 4.78 is 5.19. The topological polar surface area (TPSA) is 67.2 Å². The number of rotatable bonds is 4. The smallest absolute Gasteiger partial charge is 0.320 e. The zero-order valence-electron chi connectivity index (χ0n) is 11.0. The first-order valence-corrected chi connectivity index (χ1v) is 6.28. The van der Waals surface area contributed by atoms with Gasteiger partial charge in [-0.15, -0.1) is 0 Å². The lowest BCUT2D eigenvalue weighted by molar-refractivity contribution is 0.248. The molecule has 0 saturated heterocycles. The average Bonchev–Trinajstić information content (AvgIpc) is 2.88. The van der Waals surface area contributed by atoms with Crippen molar-refractivity contribution in [1.29, 1.82) is 0 Å². The van der Waals surface area contributed by atoms with Crippen LogP contribution in [0, 0.1) is 0 Å². The van der Waals surface area contributed by atoms with Gasteiger partial charge < -0.3 is 9.84 Å². The third kappa shape index (κ3) is 3.58. The van der Waals surface area contributed by atoms with E-state index in [1.807, 2.05) is 44.2 Å². The van der Waals surface area contributed by atoms with E-state index in [4.69, 9.17) is 4.52 Å². The summed E-state index contributed by atoms with van der Waals surface area (Å²) in [4.78, 5) is 11.6. The van der Waals surface area contributed by atoms with E-state index < -0.39 is 0 Å². The maximum atomic E-state index is 11.6. The SMILES string of the molecule is CCC(C)NC(=O)Nc1cc(-c2ccccc2)on1. The zero-order valence-corrected chi connectivity index (χ0v) is 11.0. The Morgan fingerprint density at radius 3 is 2.79 bits per heavy atom. The van der Waals surface area contributed by atoms with Crippen molar-refractivity contribution in [3.63, 3.8) is 0 Å². The third-order valence-corrected chi connectivity index (χ3v) is 2.80. The van der Waals surface area contributed by atoms with E-state index in [1.165, 1.54) is 0 Å². The molecule has 5 heteroatoms. The van der Waals surface area contributed by atoms with Crippen LogP contribution in [0.3, 0.4) is 0 Å². The molecule has 2 aromatic rings. The minimum atomic E-state index is -0.276. The number of anilines is 1. The van der Waals surface area contributed by atoms with E-state index in [-0.39, 0.29) is 12.1 Å². The van der Waals surface area contributed by atoms with Crippen molar-refractivity contribution in [3.8, 4) is 11.3 Å². The Kier molecular flexibility index (Phi) is 4.18. The summed E-state index contributed by atoms with van der Waals surface area (Å²) in [7, 11) is 0. The number of nitrogens with one attached hydrogen (secondary N) is 2. The minimum absolute atomic E-state index is 0.125. The molecule has 1 heterocycles. The van der Waals surface area contributed by atoms with Gasteiger partial charge in [0.2, 0.25) is 0 Å². The van der Waals surface area contributed by atoms with Crippen molar-refractivity contribution in [2.24, 2.45) is 0 Å². The highest BCUT2D eigenvalue weighted by molar-refractivity contribution is 5.88. The van der Waals surface area contributed by atoms with Crippen LogP contribution in [-0.2, 0) is 0 Å². The molecule has 0 aliphatic carbocycles. The first-order valence-electron chi connectivity index (χ1n) is 6.28. The van der Waals surface area contributed by atoms with Crippen molar-refractivity contribution in [2.75, 3.05) is 5.32 Å². The molecule has 1 unspecified atom stereocenters. The first kappa shape index (κ1) is 13.1. The fourth-order valence-electron chi connectivity index (χ4n) is 1.55. The largest absolute Gasteiger partial charge is 0.354 e. The van der Waals surface area contributed by atoms with Gasteiger partial charge in [-0.25, -0.2) is 4.79 Å². The Morgan fingerprint density at radius 1 is 1.37 bits per heavy atom. The molecule has 19 heavy (non-hydrogen) atoms. The summed E-state index contributed by atoms with van der Waals surface area (Å²) >= 11 is 0. The molecule has 1 aromatic heterocycles. The number of hydrogen-bond acceptors (Lipinski definition) is 3. The number of carbonyl (C=O) groups excluding carboxylic acids is 1.